The largest absolute Gasteiger partial charge is 0.391 e. The number of amides is 3. The number of nitrogens with zero attached hydrogens (tertiary/aromatic N) is 1. The van der Waals surface area contributed by atoms with Gasteiger partial charge in [-0.3, -0.25) is 24.5 Å². The third-order valence-corrected chi connectivity index (χ3v) is 5.39. The Hall–Kier alpha value is -3.71. The van der Waals surface area contributed by atoms with Crippen LogP contribution < -0.4 is 16.1 Å². The van der Waals surface area contributed by atoms with Gasteiger partial charge < -0.3 is 15.7 Å². The number of hydrogen-bond donors (Lipinski definition) is 5. The van der Waals surface area contributed by atoms with Crippen LogP contribution in [0.15, 0.2) is 48.5 Å². The summed E-state index contributed by atoms with van der Waals surface area (Å²) in [5.41, 5.74) is 3.84. The van der Waals surface area contributed by atoms with Crippen LogP contribution >= 0.6 is 0 Å². The zero-order valence-corrected chi connectivity index (χ0v) is 19.0. The number of hydroxylamine groups is 1. The first kappa shape index (κ1) is 24.9. The highest BCUT2D eigenvalue weighted by molar-refractivity contribution is 5.97. The number of carbonyl (C=O) groups is 3. The third-order valence-electron chi connectivity index (χ3n) is 5.39. The van der Waals surface area contributed by atoms with Gasteiger partial charge in [-0.25, -0.2) is 5.48 Å². The summed E-state index contributed by atoms with van der Waals surface area (Å²) in [6.45, 7) is 1.70. The molecule has 2 aromatic rings. The lowest BCUT2D eigenvalue weighted by atomic mass is 10.1. The second-order valence-corrected chi connectivity index (χ2v) is 8.27. The Morgan fingerprint density at radius 1 is 1.03 bits per heavy atom. The first-order chi connectivity index (χ1) is 16.3. The smallest absolute Gasteiger partial charge is 0.268 e. The Kier molecular flexibility index (Phi) is 8.38. The summed E-state index contributed by atoms with van der Waals surface area (Å²) in [6, 6.07) is 12.9. The quantitative estimate of drug-likeness (QED) is 0.226. The van der Waals surface area contributed by atoms with E-state index in [0.29, 0.717) is 23.8 Å². The van der Waals surface area contributed by atoms with E-state index in [4.69, 9.17) is 5.21 Å². The Morgan fingerprint density at radius 3 is 2.09 bits per heavy atom. The number of carbonyl (C=O) groups excluding carboxylic acids is 3. The molecule has 2 aromatic carbocycles. The van der Waals surface area contributed by atoms with Crippen molar-refractivity contribution in [2.45, 2.75) is 38.0 Å². The molecule has 0 aromatic heterocycles. The molecule has 1 fully saturated rings. The number of benzene rings is 2. The SMILES string of the molecule is CC(O)C(NC(=O)c1ccc(C#Cc2ccc(NC(=O)CN(C)C3CC3)cc2)cc1)C(=O)NO. The van der Waals surface area contributed by atoms with Crippen molar-refractivity contribution >= 4 is 23.4 Å². The van der Waals surface area contributed by atoms with Gasteiger partial charge in [0, 0.05) is 28.4 Å². The number of nitrogens with one attached hydrogen (secondary N) is 3. The maximum Gasteiger partial charge on any atom is 0.268 e. The molecule has 2 unspecified atom stereocenters. The van der Waals surface area contributed by atoms with Crippen molar-refractivity contribution in [3.8, 4) is 11.8 Å². The van der Waals surface area contributed by atoms with Crippen LogP contribution in [0, 0.1) is 11.8 Å². The Labute approximate surface area is 198 Å². The minimum absolute atomic E-state index is 0.0471. The second kappa shape index (κ2) is 11.4. The highest BCUT2D eigenvalue weighted by Crippen LogP contribution is 2.24. The van der Waals surface area contributed by atoms with E-state index in [1.54, 1.807) is 36.4 Å². The second-order valence-electron chi connectivity index (χ2n) is 8.27. The van der Waals surface area contributed by atoms with Gasteiger partial charge in [-0.15, -0.1) is 0 Å². The topological polar surface area (TPSA) is 131 Å². The summed E-state index contributed by atoms with van der Waals surface area (Å²) >= 11 is 0. The Morgan fingerprint density at radius 2 is 1.59 bits per heavy atom. The average Bonchev–Trinajstić information content (AvgIpc) is 3.67. The molecule has 5 N–H and O–H groups in total. The third kappa shape index (κ3) is 7.15. The van der Waals surface area contributed by atoms with E-state index in [9.17, 15) is 19.5 Å². The number of likely N-dealkylation sites (N-methyl/N-ethyl adjacent to an activating group) is 1. The van der Waals surface area contributed by atoms with Crippen LogP contribution in [0.3, 0.4) is 0 Å². The maximum atomic E-state index is 12.3. The molecule has 0 spiro atoms. The molecule has 0 aliphatic heterocycles. The molecule has 0 radical (unpaired) electrons. The van der Waals surface area contributed by atoms with E-state index >= 15 is 0 Å². The molecule has 9 nitrogen and oxygen atoms in total. The predicted octanol–water partition coefficient (Wildman–Crippen LogP) is 1.10. The zero-order valence-electron chi connectivity index (χ0n) is 19.0. The number of anilines is 1. The van der Waals surface area contributed by atoms with Crippen molar-refractivity contribution in [3.63, 3.8) is 0 Å². The molecule has 1 saturated carbocycles. The van der Waals surface area contributed by atoms with E-state index in [2.05, 4.69) is 27.4 Å². The molecule has 34 heavy (non-hydrogen) atoms. The average molecular weight is 465 g/mol. The van der Waals surface area contributed by atoms with Crippen LogP contribution in [0.5, 0.6) is 0 Å². The summed E-state index contributed by atoms with van der Waals surface area (Å²) in [5.74, 6) is 4.50. The van der Waals surface area contributed by atoms with Crippen LogP contribution in [0.2, 0.25) is 0 Å². The zero-order chi connectivity index (χ0) is 24.7. The van der Waals surface area contributed by atoms with Gasteiger partial charge in [0.25, 0.3) is 11.8 Å². The molecule has 1 aliphatic rings. The monoisotopic (exact) mass is 464 g/mol. The summed E-state index contributed by atoms with van der Waals surface area (Å²) in [7, 11) is 1.96. The van der Waals surface area contributed by atoms with Gasteiger partial charge in [-0.2, -0.15) is 0 Å². The minimum atomic E-state index is -1.29. The van der Waals surface area contributed by atoms with Gasteiger partial charge in [0.2, 0.25) is 5.91 Å². The van der Waals surface area contributed by atoms with Gasteiger partial charge in [0.05, 0.1) is 12.6 Å². The molecule has 3 rings (SSSR count). The molecule has 0 bridgehead atoms. The van der Waals surface area contributed by atoms with Crippen molar-refractivity contribution < 1.29 is 24.7 Å². The summed E-state index contributed by atoms with van der Waals surface area (Å²) in [5, 5.41) is 23.6. The van der Waals surface area contributed by atoms with Crippen LogP contribution in [0.4, 0.5) is 5.69 Å². The normalized spacial score (nSPS) is 14.4. The lowest BCUT2D eigenvalue weighted by molar-refractivity contribution is -0.133. The van der Waals surface area contributed by atoms with E-state index < -0.39 is 24.0 Å². The van der Waals surface area contributed by atoms with Crippen molar-refractivity contribution in [2.24, 2.45) is 0 Å². The number of rotatable bonds is 8. The number of aliphatic hydroxyl groups is 1. The van der Waals surface area contributed by atoms with E-state index in [1.807, 2.05) is 19.2 Å². The van der Waals surface area contributed by atoms with Crippen LogP contribution in [-0.4, -0.2) is 64.7 Å². The molecule has 9 heteroatoms. The van der Waals surface area contributed by atoms with Crippen LogP contribution in [-0.2, 0) is 9.59 Å². The molecular weight excluding hydrogens is 436 g/mol. The summed E-state index contributed by atoms with van der Waals surface area (Å²) < 4.78 is 0. The molecule has 3 amide bonds. The fourth-order valence-corrected chi connectivity index (χ4v) is 3.26. The fraction of sp³-hybridized carbons (Fsp3) is 0.320. The van der Waals surface area contributed by atoms with E-state index in [0.717, 1.165) is 18.4 Å². The summed E-state index contributed by atoms with van der Waals surface area (Å²) in [6.07, 6.45) is 1.12. The molecule has 2 atom stereocenters. The van der Waals surface area contributed by atoms with Gasteiger partial charge in [0.15, 0.2) is 0 Å². The lowest BCUT2D eigenvalue weighted by Crippen LogP contribution is -2.51. The summed E-state index contributed by atoms with van der Waals surface area (Å²) in [4.78, 5) is 38.1. The molecular formula is C25H28N4O5. The maximum absolute atomic E-state index is 12.3. The predicted molar refractivity (Wildman–Crippen MR) is 126 cm³/mol. The van der Waals surface area contributed by atoms with Crippen molar-refractivity contribution in [2.75, 3.05) is 18.9 Å². The molecule has 178 valence electrons. The van der Waals surface area contributed by atoms with Crippen molar-refractivity contribution in [1.82, 2.24) is 15.7 Å². The fourth-order valence-electron chi connectivity index (χ4n) is 3.26. The Balaban J connectivity index is 1.56. The van der Waals surface area contributed by atoms with Crippen molar-refractivity contribution in [3.05, 3.63) is 65.2 Å². The number of aliphatic hydroxyl groups excluding tert-OH is 1. The van der Waals surface area contributed by atoms with Gasteiger partial charge in [-0.1, -0.05) is 11.8 Å². The Bertz CT molecular complexity index is 1080. The van der Waals surface area contributed by atoms with Gasteiger partial charge in [0.1, 0.15) is 6.04 Å². The minimum Gasteiger partial charge on any atom is -0.391 e. The number of hydrogen-bond acceptors (Lipinski definition) is 6. The lowest BCUT2D eigenvalue weighted by Gasteiger charge is -2.19. The first-order valence-electron chi connectivity index (χ1n) is 10.9. The molecule has 1 aliphatic carbocycles. The van der Waals surface area contributed by atoms with Gasteiger partial charge in [-0.05, 0) is 75.3 Å². The molecule has 0 saturated heterocycles. The van der Waals surface area contributed by atoms with Crippen molar-refractivity contribution in [1.29, 1.82) is 0 Å². The van der Waals surface area contributed by atoms with E-state index in [-0.39, 0.29) is 11.5 Å². The van der Waals surface area contributed by atoms with E-state index in [1.165, 1.54) is 12.4 Å². The molecule has 0 heterocycles. The highest BCUT2D eigenvalue weighted by Gasteiger charge is 2.27. The van der Waals surface area contributed by atoms with Crippen LogP contribution in [0.25, 0.3) is 0 Å². The highest BCUT2D eigenvalue weighted by atomic mass is 16.5. The van der Waals surface area contributed by atoms with Gasteiger partial charge >= 0.3 is 0 Å². The standard InChI is InChI=1S/C25H28N4O5/c1-16(30)23(25(33)28-34)27-24(32)19-9-5-17(6-10-19)3-4-18-7-11-20(12-8-18)26-22(31)15-29(2)21-13-14-21/h5-12,16,21,23,30,34H,13-15H2,1-2H3,(H,26,31)(H,27,32)(H,28,33). The first-order valence-corrected chi connectivity index (χ1v) is 10.9. The van der Waals surface area contributed by atoms with Crippen LogP contribution in [0.1, 0.15) is 41.3 Å².